The molecular weight excluding hydrogens is 519 g/mol. The number of carbonyl (C=O) groups excluding carboxylic acids is 1. The standard InChI is InChI=1S/C22H19ClF7N5O/c1-11-7-16(20(24,21(25,26)27)22(28,29)30)34(2)18(11)35-10-13(9-32-35)12-3-4-15(23)14(8-12)17(36)33-19(31)5-6-19/h3-4,7-10H,5-6,31H2,1-2H3,(H,33,36). The molecular formula is C22H19ClF7N5O. The number of benzene rings is 1. The number of hydrogen-bond acceptors (Lipinski definition) is 3. The molecule has 4 rings (SSSR count). The number of amides is 1. The SMILES string of the molecule is Cc1cc(C(F)(C(F)(F)F)C(F)(F)F)n(C)c1-n1cc(-c2ccc(Cl)c(C(=O)NC3(N)CC3)c2)cn1. The monoisotopic (exact) mass is 537 g/mol. The topological polar surface area (TPSA) is 77.9 Å². The largest absolute Gasteiger partial charge is 0.437 e. The minimum atomic E-state index is -6.25. The van der Waals surface area contributed by atoms with Crippen LogP contribution in [-0.2, 0) is 12.7 Å². The minimum Gasteiger partial charge on any atom is -0.334 e. The Balaban J connectivity index is 1.73. The number of aromatic nitrogens is 3. The highest BCUT2D eigenvalue weighted by Gasteiger charge is 2.74. The molecule has 0 unspecified atom stereocenters. The fourth-order valence-electron chi connectivity index (χ4n) is 3.88. The van der Waals surface area contributed by atoms with Gasteiger partial charge in [-0.2, -0.15) is 31.4 Å². The average Bonchev–Trinajstić information content (AvgIpc) is 3.15. The first-order valence-electron chi connectivity index (χ1n) is 10.4. The Hall–Kier alpha value is -3.06. The smallest absolute Gasteiger partial charge is 0.334 e. The first kappa shape index (κ1) is 26.0. The highest BCUT2D eigenvalue weighted by atomic mass is 35.5. The van der Waals surface area contributed by atoms with E-state index in [1.165, 1.54) is 31.5 Å². The third-order valence-corrected chi connectivity index (χ3v) is 6.34. The van der Waals surface area contributed by atoms with Gasteiger partial charge in [0.1, 0.15) is 5.82 Å². The molecule has 1 aromatic carbocycles. The van der Waals surface area contributed by atoms with Gasteiger partial charge in [0.15, 0.2) is 0 Å². The Morgan fingerprint density at radius 2 is 1.69 bits per heavy atom. The van der Waals surface area contributed by atoms with E-state index in [0.717, 1.165) is 11.7 Å². The molecule has 1 saturated carbocycles. The number of nitrogens with zero attached hydrogens (tertiary/aromatic N) is 3. The normalized spacial score (nSPS) is 15.8. The van der Waals surface area contributed by atoms with Crippen LogP contribution < -0.4 is 11.1 Å². The fourth-order valence-corrected chi connectivity index (χ4v) is 4.08. The van der Waals surface area contributed by atoms with Crippen LogP contribution in [0.4, 0.5) is 30.7 Å². The number of aryl methyl sites for hydroxylation is 1. The van der Waals surface area contributed by atoms with Crippen molar-refractivity contribution < 1.29 is 35.5 Å². The summed E-state index contributed by atoms with van der Waals surface area (Å²) < 4.78 is 96.0. The molecule has 36 heavy (non-hydrogen) atoms. The number of carbonyl (C=O) groups is 1. The van der Waals surface area contributed by atoms with Crippen LogP contribution >= 0.6 is 11.6 Å². The zero-order valence-corrected chi connectivity index (χ0v) is 19.5. The maximum absolute atomic E-state index is 14.7. The second-order valence-electron chi connectivity index (χ2n) is 8.73. The first-order chi connectivity index (χ1) is 16.5. The predicted octanol–water partition coefficient (Wildman–Crippen LogP) is 5.31. The van der Waals surface area contributed by atoms with Crippen molar-refractivity contribution in [3.63, 3.8) is 0 Å². The zero-order chi connectivity index (χ0) is 26.8. The van der Waals surface area contributed by atoms with Crippen molar-refractivity contribution in [2.45, 2.75) is 43.4 Å². The van der Waals surface area contributed by atoms with E-state index in [2.05, 4.69) is 10.4 Å². The van der Waals surface area contributed by atoms with Gasteiger partial charge in [-0.1, -0.05) is 17.7 Å². The van der Waals surface area contributed by atoms with E-state index >= 15 is 0 Å². The van der Waals surface area contributed by atoms with Crippen LogP contribution in [0.15, 0.2) is 36.7 Å². The van der Waals surface area contributed by atoms with Crippen LogP contribution in [0.3, 0.4) is 0 Å². The molecule has 194 valence electrons. The first-order valence-corrected chi connectivity index (χ1v) is 10.8. The van der Waals surface area contributed by atoms with E-state index in [0.29, 0.717) is 34.6 Å². The summed E-state index contributed by atoms with van der Waals surface area (Å²) >= 11 is 6.14. The Labute approximate surface area is 204 Å². The lowest BCUT2D eigenvalue weighted by Crippen LogP contribution is -2.51. The molecule has 0 atom stereocenters. The van der Waals surface area contributed by atoms with Crippen LogP contribution in [-0.4, -0.2) is 38.3 Å². The molecule has 0 saturated heterocycles. The third kappa shape index (κ3) is 4.23. The molecule has 2 heterocycles. The van der Waals surface area contributed by atoms with Crippen molar-refractivity contribution >= 4 is 17.5 Å². The second-order valence-corrected chi connectivity index (χ2v) is 9.13. The summed E-state index contributed by atoms with van der Waals surface area (Å²) in [6.07, 6.45) is -8.66. The number of hydrogen-bond donors (Lipinski definition) is 2. The summed E-state index contributed by atoms with van der Waals surface area (Å²) in [5.74, 6) is -0.715. The molecule has 14 heteroatoms. The van der Waals surface area contributed by atoms with Crippen molar-refractivity contribution in [1.82, 2.24) is 19.7 Å². The van der Waals surface area contributed by atoms with Gasteiger partial charge in [-0.15, -0.1) is 0 Å². The Morgan fingerprint density at radius 1 is 1.08 bits per heavy atom. The third-order valence-electron chi connectivity index (χ3n) is 6.01. The summed E-state index contributed by atoms with van der Waals surface area (Å²) in [5.41, 5.74) is -1.25. The maximum atomic E-state index is 14.7. The molecule has 0 aliphatic heterocycles. The van der Waals surface area contributed by atoms with Crippen LogP contribution in [0.25, 0.3) is 16.9 Å². The van der Waals surface area contributed by atoms with E-state index in [4.69, 9.17) is 17.3 Å². The van der Waals surface area contributed by atoms with Crippen LogP contribution in [0.1, 0.15) is 34.5 Å². The Morgan fingerprint density at radius 3 is 2.25 bits per heavy atom. The highest BCUT2D eigenvalue weighted by Crippen LogP contribution is 2.53. The molecule has 1 amide bonds. The van der Waals surface area contributed by atoms with Crippen LogP contribution in [0.2, 0.25) is 5.02 Å². The van der Waals surface area contributed by atoms with Gasteiger partial charge in [0.25, 0.3) is 5.91 Å². The fraction of sp³-hybridized carbons (Fsp3) is 0.364. The van der Waals surface area contributed by atoms with E-state index < -0.39 is 35.3 Å². The van der Waals surface area contributed by atoms with E-state index in [1.807, 2.05) is 0 Å². The van der Waals surface area contributed by atoms with Gasteiger partial charge >= 0.3 is 18.0 Å². The maximum Gasteiger partial charge on any atom is 0.437 e. The molecule has 1 aliphatic carbocycles. The molecule has 0 spiro atoms. The zero-order valence-electron chi connectivity index (χ0n) is 18.7. The molecule has 0 bridgehead atoms. The van der Waals surface area contributed by atoms with Crippen molar-refractivity contribution in [3.05, 3.63) is 58.5 Å². The van der Waals surface area contributed by atoms with Gasteiger partial charge in [-0.3, -0.25) is 4.79 Å². The predicted molar refractivity (Wildman–Crippen MR) is 116 cm³/mol. The van der Waals surface area contributed by atoms with Crippen molar-refractivity contribution in [2.75, 3.05) is 0 Å². The molecule has 2 aromatic heterocycles. The Kier molecular flexibility index (Phi) is 5.95. The second kappa shape index (κ2) is 8.23. The number of rotatable bonds is 5. The van der Waals surface area contributed by atoms with Crippen LogP contribution in [0.5, 0.6) is 0 Å². The van der Waals surface area contributed by atoms with Gasteiger partial charge in [0, 0.05) is 18.8 Å². The molecule has 1 aliphatic rings. The summed E-state index contributed by atoms with van der Waals surface area (Å²) in [7, 11) is 0.885. The molecule has 3 N–H and O–H groups in total. The van der Waals surface area contributed by atoms with Gasteiger partial charge in [-0.05, 0) is 49.1 Å². The van der Waals surface area contributed by atoms with Gasteiger partial charge < -0.3 is 15.6 Å². The van der Waals surface area contributed by atoms with Gasteiger partial charge in [-0.25, -0.2) is 9.07 Å². The summed E-state index contributed by atoms with van der Waals surface area (Å²) in [6.45, 7) is 1.23. The minimum absolute atomic E-state index is 0.0773. The number of alkyl halides is 7. The lowest BCUT2D eigenvalue weighted by molar-refractivity contribution is -0.350. The van der Waals surface area contributed by atoms with Crippen molar-refractivity contribution in [3.8, 4) is 16.9 Å². The number of nitrogens with one attached hydrogen (secondary N) is 1. The summed E-state index contributed by atoms with van der Waals surface area (Å²) in [5, 5.41) is 6.84. The van der Waals surface area contributed by atoms with E-state index in [-0.39, 0.29) is 22.0 Å². The van der Waals surface area contributed by atoms with Crippen LogP contribution in [0, 0.1) is 6.92 Å². The molecule has 1 fully saturated rings. The van der Waals surface area contributed by atoms with Gasteiger partial charge in [0.2, 0.25) is 0 Å². The quantitative estimate of drug-likeness (QED) is 0.342. The summed E-state index contributed by atoms with van der Waals surface area (Å²) in [6, 6.07) is 4.95. The van der Waals surface area contributed by atoms with E-state index in [9.17, 15) is 35.5 Å². The Bertz CT molecular complexity index is 1320. The molecule has 6 nitrogen and oxygen atoms in total. The molecule has 0 radical (unpaired) electrons. The number of halogens is 8. The molecule has 3 aromatic rings. The number of nitrogens with two attached hydrogens (primary N) is 1. The lowest BCUT2D eigenvalue weighted by atomic mass is 10.00. The van der Waals surface area contributed by atoms with Crippen molar-refractivity contribution in [1.29, 1.82) is 0 Å². The lowest BCUT2D eigenvalue weighted by Gasteiger charge is -2.30. The summed E-state index contributed by atoms with van der Waals surface area (Å²) in [4.78, 5) is 12.6. The van der Waals surface area contributed by atoms with Gasteiger partial charge in [0.05, 0.1) is 28.1 Å². The average molecular weight is 538 g/mol. The van der Waals surface area contributed by atoms with E-state index in [1.54, 1.807) is 6.07 Å². The highest BCUT2D eigenvalue weighted by molar-refractivity contribution is 6.34. The van der Waals surface area contributed by atoms with Crippen molar-refractivity contribution in [2.24, 2.45) is 12.8 Å².